The van der Waals surface area contributed by atoms with Gasteiger partial charge in [0.25, 0.3) is 0 Å². The van der Waals surface area contributed by atoms with E-state index in [1.54, 1.807) is 6.92 Å². The maximum atomic E-state index is 11.1. The van der Waals surface area contributed by atoms with E-state index in [0.717, 1.165) is 25.9 Å². The molecule has 0 aromatic heterocycles. The highest BCUT2D eigenvalue weighted by atomic mass is 16.5. The summed E-state index contributed by atoms with van der Waals surface area (Å²) in [6.07, 6.45) is 7.89. The van der Waals surface area contributed by atoms with Crippen LogP contribution in [0.4, 0.5) is 0 Å². The number of ether oxygens (including phenoxy) is 2. The highest BCUT2D eigenvalue weighted by Crippen LogP contribution is 2.07. The van der Waals surface area contributed by atoms with Gasteiger partial charge in [-0.3, -0.25) is 0 Å². The molecule has 4 heteroatoms. The predicted octanol–water partition coefficient (Wildman–Crippen LogP) is 2.85. The minimum absolute atomic E-state index is 0.107. The van der Waals surface area contributed by atoms with Gasteiger partial charge in [0.1, 0.15) is 0 Å². The Kier molecular flexibility index (Phi) is 12.9. The Morgan fingerprint density at radius 2 is 1.47 bits per heavy atom. The number of unbranched alkanes of at least 4 members (excludes halogenated alkanes) is 6. The minimum Gasteiger partial charge on any atom is -0.462 e. The standard InChI is InChI=1S/C15H28O4/c1-14(2)15(17)19-12-9-7-5-3-4-6-8-11-18-13-10-16/h16H,1,3-13H2,2H3. The largest absolute Gasteiger partial charge is 0.462 e. The van der Waals surface area contributed by atoms with Gasteiger partial charge in [0.15, 0.2) is 0 Å². The molecule has 0 bridgehead atoms. The molecule has 0 spiro atoms. The quantitative estimate of drug-likeness (QED) is 0.318. The molecule has 0 aromatic carbocycles. The molecule has 4 nitrogen and oxygen atoms in total. The van der Waals surface area contributed by atoms with Crippen molar-refractivity contribution in [1.29, 1.82) is 0 Å². The lowest BCUT2D eigenvalue weighted by molar-refractivity contribution is -0.139. The van der Waals surface area contributed by atoms with E-state index in [0.29, 0.717) is 18.8 Å². The Morgan fingerprint density at radius 1 is 0.947 bits per heavy atom. The number of hydrogen-bond donors (Lipinski definition) is 1. The zero-order valence-electron chi connectivity index (χ0n) is 12.2. The summed E-state index contributed by atoms with van der Waals surface area (Å²) >= 11 is 0. The van der Waals surface area contributed by atoms with Crippen molar-refractivity contribution in [2.75, 3.05) is 26.4 Å². The third kappa shape index (κ3) is 13.4. The summed E-state index contributed by atoms with van der Waals surface area (Å²) in [7, 11) is 0. The number of carbonyl (C=O) groups excluding carboxylic acids is 1. The molecule has 1 N–H and O–H groups in total. The van der Waals surface area contributed by atoms with Gasteiger partial charge in [0, 0.05) is 12.2 Å². The lowest BCUT2D eigenvalue weighted by atomic mass is 10.1. The summed E-state index contributed by atoms with van der Waals surface area (Å²) in [6, 6.07) is 0. The molecular formula is C15H28O4. The van der Waals surface area contributed by atoms with Crippen LogP contribution in [0.3, 0.4) is 0 Å². The van der Waals surface area contributed by atoms with Crippen LogP contribution in [0.25, 0.3) is 0 Å². The van der Waals surface area contributed by atoms with E-state index in [2.05, 4.69) is 6.58 Å². The second kappa shape index (κ2) is 13.6. The predicted molar refractivity (Wildman–Crippen MR) is 76.0 cm³/mol. The molecule has 0 aromatic rings. The molecule has 0 rings (SSSR count). The van der Waals surface area contributed by atoms with E-state index in [1.165, 1.54) is 25.7 Å². The average Bonchev–Trinajstić information content (AvgIpc) is 2.39. The van der Waals surface area contributed by atoms with E-state index in [1.807, 2.05) is 0 Å². The number of hydrogen-bond acceptors (Lipinski definition) is 4. The zero-order valence-corrected chi connectivity index (χ0v) is 12.2. The van der Waals surface area contributed by atoms with Gasteiger partial charge in [-0.05, 0) is 19.8 Å². The summed E-state index contributed by atoms with van der Waals surface area (Å²) in [6.45, 7) is 6.99. The van der Waals surface area contributed by atoms with Crippen LogP contribution in [0.2, 0.25) is 0 Å². The molecule has 0 aliphatic heterocycles. The van der Waals surface area contributed by atoms with Gasteiger partial charge in [-0.2, -0.15) is 0 Å². The van der Waals surface area contributed by atoms with Crippen molar-refractivity contribution in [2.24, 2.45) is 0 Å². The van der Waals surface area contributed by atoms with Gasteiger partial charge in [0.05, 0.1) is 19.8 Å². The number of esters is 1. The smallest absolute Gasteiger partial charge is 0.333 e. The molecule has 112 valence electrons. The Balaban J connectivity index is 3.07. The fourth-order valence-corrected chi connectivity index (χ4v) is 1.64. The van der Waals surface area contributed by atoms with E-state index in [9.17, 15) is 4.79 Å². The van der Waals surface area contributed by atoms with Crippen LogP contribution < -0.4 is 0 Å². The molecule has 0 heterocycles. The average molecular weight is 272 g/mol. The van der Waals surface area contributed by atoms with Gasteiger partial charge in [0.2, 0.25) is 0 Å². The van der Waals surface area contributed by atoms with Gasteiger partial charge >= 0.3 is 5.97 Å². The van der Waals surface area contributed by atoms with Crippen LogP contribution >= 0.6 is 0 Å². The van der Waals surface area contributed by atoms with Crippen LogP contribution in [0.5, 0.6) is 0 Å². The van der Waals surface area contributed by atoms with Gasteiger partial charge < -0.3 is 14.6 Å². The SMILES string of the molecule is C=C(C)C(=O)OCCCCCCCCCOCCO. The number of aliphatic hydroxyl groups excluding tert-OH is 1. The van der Waals surface area contributed by atoms with Crippen molar-refractivity contribution in [1.82, 2.24) is 0 Å². The first-order valence-corrected chi connectivity index (χ1v) is 7.19. The van der Waals surface area contributed by atoms with E-state index >= 15 is 0 Å². The zero-order chi connectivity index (χ0) is 14.3. The molecule has 0 amide bonds. The molecule has 0 fully saturated rings. The molecule has 0 atom stereocenters. The molecular weight excluding hydrogens is 244 g/mol. The van der Waals surface area contributed by atoms with Gasteiger partial charge in [-0.15, -0.1) is 0 Å². The maximum Gasteiger partial charge on any atom is 0.333 e. The van der Waals surface area contributed by atoms with Gasteiger partial charge in [-0.1, -0.05) is 38.7 Å². The van der Waals surface area contributed by atoms with E-state index in [-0.39, 0.29) is 12.6 Å². The monoisotopic (exact) mass is 272 g/mol. The summed E-state index contributed by atoms with van der Waals surface area (Å²) in [5.74, 6) is -0.289. The van der Waals surface area contributed by atoms with Gasteiger partial charge in [-0.25, -0.2) is 4.79 Å². The highest BCUT2D eigenvalue weighted by molar-refractivity contribution is 5.86. The fraction of sp³-hybridized carbons (Fsp3) is 0.800. The number of aliphatic hydroxyl groups is 1. The Hall–Kier alpha value is -0.870. The van der Waals surface area contributed by atoms with Crippen LogP contribution in [-0.2, 0) is 14.3 Å². The van der Waals surface area contributed by atoms with Crippen molar-refractivity contribution < 1.29 is 19.4 Å². The topological polar surface area (TPSA) is 55.8 Å². The fourth-order valence-electron chi connectivity index (χ4n) is 1.64. The summed E-state index contributed by atoms with van der Waals surface area (Å²) < 4.78 is 10.2. The molecule has 0 aliphatic rings. The second-order valence-electron chi connectivity index (χ2n) is 4.73. The molecule has 19 heavy (non-hydrogen) atoms. The summed E-state index contributed by atoms with van der Waals surface area (Å²) in [5.41, 5.74) is 0.461. The lowest BCUT2D eigenvalue weighted by Crippen LogP contribution is -2.05. The molecule has 0 saturated heterocycles. The normalized spacial score (nSPS) is 10.4. The number of carbonyl (C=O) groups is 1. The lowest BCUT2D eigenvalue weighted by Gasteiger charge is -2.04. The van der Waals surface area contributed by atoms with Crippen LogP contribution in [0, 0.1) is 0 Å². The Labute approximate surface area is 116 Å². The third-order valence-electron chi connectivity index (χ3n) is 2.75. The van der Waals surface area contributed by atoms with E-state index < -0.39 is 0 Å². The summed E-state index contributed by atoms with van der Waals surface area (Å²) in [4.78, 5) is 11.1. The summed E-state index contributed by atoms with van der Waals surface area (Å²) in [5, 5.41) is 8.51. The van der Waals surface area contributed by atoms with Crippen molar-refractivity contribution in [2.45, 2.75) is 51.9 Å². The highest BCUT2D eigenvalue weighted by Gasteiger charge is 2.01. The second-order valence-corrected chi connectivity index (χ2v) is 4.73. The first-order valence-electron chi connectivity index (χ1n) is 7.19. The number of rotatable bonds is 13. The molecule has 0 aliphatic carbocycles. The van der Waals surface area contributed by atoms with Crippen molar-refractivity contribution in [3.63, 3.8) is 0 Å². The van der Waals surface area contributed by atoms with Crippen molar-refractivity contribution in [3.05, 3.63) is 12.2 Å². The molecule has 0 unspecified atom stereocenters. The Bertz CT molecular complexity index is 238. The first kappa shape index (κ1) is 18.1. The van der Waals surface area contributed by atoms with Crippen LogP contribution in [0.1, 0.15) is 51.9 Å². The molecule has 0 radical (unpaired) electrons. The van der Waals surface area contributed by atoms with Crippen molar-refractivity contribution >= 4 is 5.97 Å². The van der Waals surface area contributed by atoms with Crippen LogP contribution in [0.15, 0.2) is 12.2 Å². The third-order valence-corrected chi connectivity index (χ3v) is 2.75. The van der Waals surface area contributed by atoms with E-state index in [4.69, 9.17) is 14.6 Å². The first-order chi connectivity index (χ1) is 9.18. The van der Waals surface area contributed by atoms with Crippen molar-refractivity contribution in [3.8, 4) is 0 Å². The molecule has 0 saturated carbocycles. The maximum absolute atomic E-state index is 11.1. The van der Waals surface area contributed by atoms with Crippen LogP contribution in [-0.4, -0.2) is 37.5 Å². The Morgan fingerprint density at radius 3 is 2.00 bits per heavy atom. The minimum atomic E-state index is -0.289.